The number of amides is 4. The minimum Gasteiger partial charge on any atom is -0.348 e. The third-order valence-corrected chi connectivity index (χ3v) is 6.42. The van der Waals surface area contributed by atoms with E-state index in [9.17, 15) is 14.4 Å². The third kappa shape index (κ3) is 2.90. The molecule has 1 saturated carbocycles. The van der Waals surface area contributed by atoms with Crippen molar-refractivity contribution in [3.05, 3.63) is 29.8 Å². The van der Waals surface area contributed by atoms with Crippen LogP contribution in [-0.2, 0) is 9.59 Å². The predicted molar refractivity (Wildman–Crippen MR) is 94.1 cm³/mol. The number of hydrogen-bond acceptors (Lipinski definition) is 4. The van der Waals surface area contributed by atoms with E-state index < -0.39 is 11.6 Å². The van der Waals surface area contributed by atoms with Crippen molar-refractivity contribution in [1.82, 2.24) is 15.5 Å². The van der Waals surface area contributed by atoms with E-state index in [4.69, 9.17) is 0 Å². The first-order valence-electron chi connectivity index (χ1n) is 8.74. The Morgan fingerprint density at radius 2 is 2.04 bits per heavy atom. The van der Waals surface area contributed by atoms with Crippen LogP contribution in [0.15, 0.2) is 29.2 Å². The first kappa shape index (κ1) is 16.4. The van der Waals surface area contributed by atoms with Crippen molar-refractivity contribution in [3.8, 4) is 0 Å². The van der Waals surface area contributed by atoms with Crippen molar-refractivity contribution in [3.63, 3.8) is 0 Å². The lowest BCUT2D eigenvalue weighted by Crippen LogP contribution is -2.45. The van der Waals surface area contributed by atoms with E-state index in [2.05, 4.69) is 16.7 Å². The fraction of sp³-hybridized carbons (Fsp3) is 0.500. The van der Waals surface area contributed by atoms with E-state index in [-0.39, 0.29) is 24.4 Å². The molecule has 4 rings (SSSR count). The minimum atomic E-state index is -0.758. The molecule has 1 aromatic carbocycles. The summed E-state index contributed by atoms with van der Waals surface area (Å²) in [5.41, 5.74) is 0.349. The molecule has 0 bridgehead atoms. The summed E-state index contributed by atoms with van der Waals surface area (Å²) in [4.78, 5) is 39.5. The first-order valence-corrected chi connectivity index (χ1v) is 9.73. The molecule has 2 aliphatic heterocycles. The molecule has 0 unspecified atom stereocenters. The number of benzene rings is 1. The van der Waals surface area contributed by atoms with Crippen LogP contribution in [0.2, 0.25) is 0 Å². The number of carbonyl (C=O) groups excluding carboxylic acids is 3. The number of imide groups is 1. The average molecular weight is 359 g/mol. The Bertz CT molecular complexity index is 730. The van der Waals surface area contributed by atoms with Gasteiger partial charge in [0.2, 0.25) is 5.91 Å². The molecule has 25 heavy (non-hydrogen) atoms. The van der Waals surface area contributed by atoms with Gasteiger partial charge in [0.15, 0.2) is 0 Å². The fourth-order valence-electron chi connectivity index (χ4n) is 4.01. The Morgan fingerprint density at radius 1 is 1.28 bits per heavy atom. The van der Waals surface area contributed by atoms with Gasteiger partial charge in [-0.3, -0.25) is 14.5 Å². The van der Waals surface area contributed by atoms with Gasteiger partial charge in [0.1, 0.15) is 12.1 Å². The van der Waals surface area contributed by atoms with E-state index in [1.54, 1.807) is 11.8 Å². The van der Waals surface area contributed by atoms with Crippen LogP contribution in [0.1, 0.15) is 43.7 Å². The standard InChI is InChI=1S/C18H21N3O3S/c22-15(19-13-7-10-25-14-6-2-1-5-12(13)14)11-21-16(23)18(20-17(21)24)8-3-4-9-18/h1-2,5-6,13H,3-4,7-11H2,(H,19,22)(H,20,24)/t13-/m0/s1. The highest BCUT2D eigenvalue weighted by Gasteiger charge is 2.52. The van der Waals surface area contributed by atoms with Crippen molar-refractivity contribution in [2.45, 2.75) is 48.6 Å². The summed E-state index contributed by atoms with van der Waals surface area (Å²) < 4.78 is 0. The molecule has 7 heteroatoms. The molecule has 0 aromatic heterocycles. The van der Waals surface area contributed by atoms with E-state index in [1.165, 1.54) is 4.90 Å². The Balaban J connectivity index is 1.43. The van der Waals surface area contributed by atoms with Crippen molar-refractivity contribution >= 4 is 29.6 Å². The average Bonchev–Trinajstić information content (AvgIpc) is 3.16. The van der Waals surface area contributed by atoms with Crippen molar-refractivity contribution in [2.24, 2.45) is 0 Å². The van der Waals surface area contributed by atoms with E-state index in [1.807, 2.05) is 18.2 Å². The number of rotatable bonds is 3. The Hall–Kier alpha value is -2.02. The highest BCUT2D eigenvalue weighted by Crippen LogP contribution is 2.36. The van der Waals surface area contributed by atoms with Crippen LogP contribution < -0.4 is 10.6 Å². The van der Waals surface area contributed by atoms with Crippen LogP contribution in [0.5, 0.6) is 0 Å². The molecule has 1 saturated heterocycles. The quantitative estimate of drug-likeness (QED) is 0.811. The van der Waals surface area contributed by atoms with E-state index in [0.29, 0.717) is 12.8 Å². The van der Waals surface area contributed by atoms with Crippen LogP contribution >= 0.6 is 11.8 Å². The van der Waals surface area contributed by atoms with Crippen molar-refractivity contribution in [2.75, 3.05) is 12.3 Å². The van der Waals surface area contributed by atoms with E-state index >= 15 is 0 Å². The van der Waals surface area contributed by atoms with Crippen LogP contribution in [0.25, 0.3) is 0 Å². The topological polar surface area (TPSA) is 78.5 Å². The Morgan fingerprint density at radius 3 is 2.84 bits per heavy atom. The van der Waals surface area contributed by atoms with Gasteiger partial charge in [0.05, 0.1) is 6.04 Å². The molecule has 4 amide bonds. The molecule has 132 valence electrons. The van der Waals surface area contributed by atoms with Gasteiger partial charge in [-0.25, -0.2) is 4.79 Å². The predicted octanol–water partition coefficient (Wildman–Crippen LogP) is 2.20. The van der Waals surface area contributed by atoms with Gasteiger partial charge in [0.25, 0.3) is 5.91 Å². The van der Waals surface area contributed by atoms with Gasteiger partial charge >= 0.3 is 6.03 Å². The van der Waals surface area contributed by atoms with E-state index in [0.717, 1.165) is 35.5 Å². The molecule has 2 N–H and O–H groups in total. The smallest absolute Gasteiger partial charge is 0.325 e. The molecule has 1 aromatic rings. The monoisotopic (exact) mass is 359 g/mol. The van der Waals surface area contributed by atoms with Crippen LogP contribution in [0, 0.1) is 0 Å². The van der Waals surface area contributed by atoms with Gasteiger partial charge in [-0.2, -0.15) is 0 Å². The van der Waals surface area contributed by atoms with Gasteiger partial charge in [-0.1, -0.05) is 31.0 Å². The molecule has 6 nitrogen and oxygen atoms in total. The second-order valence-electron chi connectivity index (χ2n) is 6.91. The molecule has 0 radical (unpaired) electrons. The number of urea groups is 1. The Kier molecular flexibility index (Phi) is 4.19. The highest BCUT2D eigenvalue weighted by molar-refractivity contribution is 7.99. The maximum Gasteiger partial charge on any atom is 0.325 e. The number of hydrogen-bond donors (Lipinski definition) is 2. The number of fused-ring (bicyclic) bond motifs is 1. The molecule has 1 atom stereocenters. The molecular formula is C18H21N3O3S. The fourth-order valence-corrected chi connectivity index (χ4v) is 5.14. The summed E-state index contributed by atoms with van der Waals surface area (Å²) >= 11 is 1.79. The second kappa shape index (κ2) is 6.37. The maximum absolute atomic E-state index is 12.6. The minimum absolute atomic E-state index is 0.0637. The summed E-state index contributed by atoms with van der Waals surface area (Å²) in [6.45, 7) is -0.210. The van der Waals surface area contributed by atoms with Gasteiger partial charge < -0.3 is 10.6 Å². The summed E-state index contributed by atoms with van der Waals surface area (Å²) in [5.74, 6) is 0.406. The van der Waals surface area contributed by atoms with Gasteiger partial charge in [-0.05, 0) is 30.9 Å². The third-order valence-electron chi connectivity index (χ3n) is 5.30. The summed E-state index contributed by atoms with van der Waals surface area (Å²) in [5, 5.41) is 5.80. The zero-order chi connectivity index (χ0) is 17.4. The lowest BCUT2D eigenvalue weighted by molar-refractivity contribution is -0.135. The lowest BCUT2D eigenvalue weighted by Gasteiger charge is -2.26. The molecule has 1 spiro atoms. The molecule has 2 fully saturated rings. The Labute approximate surface area is 150 Å². The summed E-state index contributed by atoms with van der Waals surface area (Å²) in [6.07, 6.45) is 4.05. The molecule has 3 aliphatic rings. The normalized spacial score (nSPS) is 24.3. The van der Waals surface area contributed by atoms with Gasteiger partial charge in [0, 0.05) is 10.6 Å². The first-order chi connectivity index (χ1) is 12.1. The summed E-state index contributed by atoms with van der Waals surface area (Å²) in [7, 11) is 0. The van der Waals surface area contributed by atoms with Crippen LogP contribution in [0.4, 0.5) is 4.79 Å². The zero-order valence-electron chi connectivity index (χ0n) is 13.9. The number of nitrogens with one attached hydrogen (secondary N) is 2. The summed E-state index contributed by atoms with van der Waals surface area (Å²) in [6, 6.07) is 7.52. The molecule has 2 heterocycles. The second-order valence-corrected chi connectivity index (χ2v) is 8.04. The zero-order valence-corrected chi connectivity index (χ0v) is 14.7. The van der Waals surface area contributed by atoms with Crippen LogP contribution in [-0.4, -0.2) is 40.6 Å². The molecule has 1 aliphatic carbocycles. The largest absolute Gasteiger partial charge is 0.348 e. The lowest BCUT2D eigenvalue weighted by atomic mass is 9.98. The number of thioether (sulfide) groups is 1. The van der Waals surface area contributed by atoms with Gasteiger partial charge in [-0.15, -0.1) is 11.8 Å². The molecular weight excluding hydrogens is 338 g/mol. The number of nitrogens with zero attached hydrogens (tertiary/aromatic N) is 1. The van der Waals surface area contributed by atoms with Crippen molar-refractivity contribution < 1.29 is 14.4 Å². The van der Waals surface area contributed by atoms with Crippen LogP contribution in [0.3, 0.4) is 0 Å². The van der Waals surface area contributed by atoms with Crippen molar-refractivity contribution in [1.29, 1.82) is 0 Å². The highest BCUT2D eigenvalue weighted by atomic mass is 32.2. The SMILES string of the molecule is O=C(CN1C(=O)NC2(CCCC2)C1=O)N[C@H]1CCSc2ccccc21. The number of carbonyl (C=O) groups is 3. The maximum atomic E-state index is 12.6.